The molecule has 7 nitrogen and oxygen atoms in total. The number of amides is 1. The monoisotopic (exact) mass is 335 g/mol. The molecule has 0 aromatic carbocycles. The van der Waals surface area contributed by atoms with Gasteiger partial charge in [0.1, 0.15) is 5.60 Å². The molecular formula is C17H25N3O4. The fourth-order valence-corrected chi connectivity index (χ4v) is 3.53. The van der Waals surface area contributed by atoms with E-state index in [1.54, 1.807) is 21.9 Å². The normalized spacial score (nSPS) is 27.0. The Balaban J connectivity index is 1.75. The molecule has 24 heavy (non-hydrogen) atoms. The Kier molecular flexibility index (Phi) is 4.38. The number of carbonyl (C=O) groups is 2. The summed E-state index contributed by atoms with van der Waals surface area (Å²) in [7, 11) is 1.82. The lowest BCUT2D eigenvalue weighted by Gasteiger charge is -2.47. The molecule has 0 spiro atoms. The van der Waals surface area contributed by atoms with E-state index < -0.39 is 5.60 Å². The SMILES string of the molecule is Cn1ccnc1C(=O)C1CC2COCC(C1)N2C(=O)OC(C)(C)C. The van der Waals surface area contributed by atoms with Crippen molar-refractivity contribution in [3.05, 3.63) is 18.2 Å². The molecule has 2 atom stereocenters. The molecule has 3 heterocycles. The molecule has 7 heteroatoms. The zero-order chi connectivity index (χ0) is 17.5. The molecule has 2 bridgehead atoms. The van der Waals surface area contributed by atoms with Crippen LogP contribution in [0.15, 0.2) is 12.4 Å². The molecular weight excluding hydrogens is 310 g/mol. The highest BCUT2D eigenvalue weighted by molar-refractivity contribution is 5.95. The summed E-state index contributed by atoms with van der Waals surface area (Å²) < 4.78 is 12.9. The van der Waals surface area contributed by atoms with Crippen LogP contribution in [0.5, 0.6) is 0 Å². The number of nitrogens with zero attached hydrogens (tertiary/aromatic N) is 3. The lowest BCUT2D eigenvalue weighted by Crippen LogP contribution is -2.60. The number of hydrogen-bond acceptors (Lipinski definition) is 5. The minimum Gasteiger partial charge on any atom is -0.444 e. The van der Waals surface area contributed by atoms with Gasteiger partial charge in [0.15, 0.2) is 5.82 Å². The molecule has 0 aliphatic carbocycles. The number of carbonyl (C=O) groups excluding carboxylic acids is 2. The van der Waals surface area contributed by atoms with Gasteiger partial charge < -0.3 is 14.0 Å². The Hall–Kier alpha value is -1.89. The van der Waals surface area contributed by atoms with E-state index in [0.29, 0.717) is 31.9 Å². The van der Waals surface area contributed by atoms with Crippen LogP contribution in [0.2, 0.25) is 0 Å². The third kappa shape index (κ3) is 3.31. The standard InChI is InChI=1S/C17H25N3O4/c1-17(2,3)24-16(22)20-12-7-11(8-13(20)10-23-9-12)14(21)15-18-5-6-19(15)4/h5-6,11-13H,7-10H2,1-4H3. The van der Waals surface area contributed by atoms with Crippen LogP contribution in [-0.2, 0) is 16.5 Å². The van der Waals surface area contributed by atoms with Gasteiger partial charge in [-0.3, -0.25) is 9.69 Å². The molecule has 1 amide bonds. The molecule has 2 aliphatic heterocycles. The molecule has 2 aliphatic rings. The molecule has 1 aromatic rings. The first-order valence-electron chi connectivity index (χ1n) is 8.37. The topological polar surface area (TPSA) is 73.7 Å². The van der Waals surface area contributed by atoms with Gasteiger partial charge >= 0.3 is 6.09 Å². The van der Waals surface area contributed by atoms with Crippen LogP contribution >= 0.6 is 0 Å². The number of Topliss-reactive ketones (excluding diaryl/α,β-unsaturated/α-hetero) is 1. The number of imidazole rings is 1. The number of rotatable bonds is 2. The number of ether oxygens (including phenoxy) is 2. The molecule has 0 N–H and O–H groups in total. The summed E-state index contributed by atoms with van der Waals surface area (Å²) in [6, 6.07) is -0.247. The fraction of sp³-hybridized carbons (Fsp3) is 0.706. The Morgan fingerprint density at radius 2 is 1.88 bits per heavy atom. The zero-order valence-corrected chi connectivity index (χ0v) is 14.7. The van der Waals surface area contributed by atoms with Gasteiger partial charge in [-0.15, -0.1) is 0 Å². The number of aromatic nitrogens is 2. The largest absolute Gasteiger partial charge is 0.444 e. The minimum atomic E-state index is -0.536. The van der Waals surface area contributed by atoms with Gasteiger partial charge in [0, 0.05) is 25.4 Å². The van der Waals surface area contributed by atoms with Gasteiger partial charge in [0.2, 0.25) is 5.78 Å². The maximum absolute atomic E-state index is 12.8. The summed E-state index contributed by atoms with van der Waals surface area (Å²) >= 11 is 0. The quantitative estimate of drug-likeness (QED) is 0.773. The van der Waals surface area contributed by atoms with Crippen molar-refractivity contribution in [2.45, 2.75) is 51.3 Å². The van der Waals surface area contributed by atoms with E-state index in [1.165, 1.54) is 0 Å². The molecule has 2 unspecified atom stereocenters. The van der Waals surface area contributed by atoms with Gasteiger partial charge in [0.25, 0.3) is 0 Å². The van der Waals surface area contributed by atoms with Gasteiger partial charge in [-0.2, -0.15) is 0 Å². The summed E-state index contributed by atoms with van der Waals surface area (Å²) in [5.74, 6) is 0.386. The lowest BCUT2D eigenvalue weighted by atomic mass is 9.82. The molecule has 1 aromatic heterocycles. The van der Waals surface area contributed by atoms with E-state index in [4.69, 9.17) is 9.47 Å². The lowest BCUT2D eigenvalue weighted by molar-refractivity contribution is -0.0861. The second kappa shape index (κ2) is 6.20. The first kappa shape index (κ1) is 17.0. The summed E-state index contributed by atoms with van der Waals surface area (Å²) in [6.45, 7) is 6.46. The van der Waals surface area contributed by atoms with Gasteiger partial charge in [-0.25, -0.2) is 9.78 Å². The van der Waals surface area contributed by atoms with E-state index in [9.17, 15) is 9.59 Å². The predicted molar refractivity (Wildman–Crippen MR) is 86.7 cm³/mol. The van der Waals surface area contributed by atoms with Crippen molar-refractivity contribution in [3.63, 3.8) is 0 Å². The predicted octanol–water partition coefficient (Wildman–Crippen LogP) is 2.02. The fourth-order valence-electron chi connectivity index (χ4n) is 3.53. The van der Waals surface area contributed by atoms with Gasteiger partial charge in [0.05, 0.1) is 25.3 Å². The molecule has 0 radical (unpaired) electrons. The van der Waals surface area contributed by atoms with E-state index >= 15 is 0 Å². The Morgan fingerprint density at radius 3 is 2.38 bits per heavy atom. The van der Waals surface area contributed by atoms with Crippen LogP contribution in [-0.4, -0.2) is 57.2 Å². The number of hydrogen-bond donors (Lipinski definition) is 0. The van der Waals surface area contributed by atoms with Crippen LogP contribution in [0, 0.1) is 5.92 Å². The maximum atomic E-state index is 12.8. The second-order valence-electron chi connectivity index (χ2n) is 7.63. The van der Waals surface area contributed by atoms with Crippen LogP contribution in [0.1, 0.15) is 44.2 Å². The van der Waals surface area contributed by atoms with E-state index in [0.717, 1.165) is 0 Å². The number of ketones is 1. The Bertz CT molecular complexity index is 620. The Labute approximate surface area is 141 Å². The first-order chi connectivity index (χ1) is 11.3. The van der Waals surface area contributed by atoms with Crippen molar-refractivity contribution in [1.29, 1.82) is 0 Å². The van der Waals surface area contributed by atoms with Crippen molar-refractivity contribution in [2.24, 2.45) is 13.0 Å². The maximum Gasteiger partial charge on any atom is 0.410 e. The molecule has 2 saturated heterocycles. The van der Waals surface area contributed by atoms with Crippen LogP contribution in [0.4, 0.5) is 4.79 Å². The number of morpholine rings is 1. The van der Waals surface area contributed by atoms with Gasteiger partial charge in [-0.05, 0) is 33.6 Å². The van der Waals surface area contributed by atoms with Crippen molar-refractivity contribution in [1.82, 2.24) is 14.5 Å². The summed E-state index contributed by atoms with van der Waals surface area (Å²) in [5, 5.41) is 0. The van der Waals surface area contributed by atoms with Crippen LogP contribution < -0.4 is 0 Å². The molecule has 0 saturated carbocycles. The third-order valence-corrected chi connectivity index (χ3v) is 4.54. The van der Waals surface area contributed by atoms with E-state index in [-0.39, 0.29) is 29.9 Å². The zero-order valence-electron chi connectivity index (χ0n) is 14.7. The van der Waals surface area contributed by atoms with Crippen molar-refractivity contribution < 1.29 is 19.1 Å². The molecule has 3 rings (SSSR count). The summed E-state index contributed by atoms with van der Waals surface area (Å²) in [5.41, 5.74) is -0.536. The number of piperidine rings is 1. The van der Waals surface area contributed by atoms with Crippen LogP contribution in [0.3, 0.4) is 0 Å². The molecule has 2 fully saturated rings. The summed E-state index contributed by atoms with van der Waals surface area (Å²) in [4.78, 5) is 31.2. The highest BCUT2D eigenvalue weighted by Crippen LogP contribution is 2.34. The van der Waals surface area contributed by atoms with Gasteiger partial charge in [-0.1, -0.05) is 0 Å². The Morgan fingerprint density at radius 1 is 1.25 bits per heavy atom. The minimum absolute atomic E-state index is 0.0447. The third-order valence-electron chi connectivity index (χ3n) is 4.54. The van der Waals surface area contributed by atoms with E-state index in [2.05, 4.69) is 4.98 Å². The number of aryl methyl sites for hydroxylation is 1. The van der Waals surface area contributed by atoms with E-state index in [1.807, 2.05) is 27.8 Å². The molecule has 132 valence electrons. The smallest absolute Gasteiger partial charge is 0.410 e. The number of fused-ring (bicyclic) bond motifs is 2. The van der Waals surface area contributed by atoms with Crippen molar-refractivity contribution in [3.8, 4) is 0 Å². The average Bonchev–Trinajstić information content (AvgIpc) is 2.89. The highest BCUT2D eigenvalue weighted by Gasteiger charge is 2.45. The summed E-state index contributed by atoms with van der Waals surface area (Å²) in [6.07, 6.45) is 4.26. The van der Waals surface area contributed by atoms with Crippen molar-refractivity contribution >= 4 is 11.9 Å². The van der Waals surface area contributed by atoms with Crippen molar-refractivity contribution in [2.75, 3.05) is 13.2 Å². The first-order valence-corrected chi connectivity index (χ1v) is 8.37. The average molecular weight is 335 g/mol. The highest BCUT2D eigenvalue weighted by atomic mass is 16.6. The van der Waals surface area contributed by atoms with Crippen LogP contribution in [0.25, 0.3) is 0 Å². The second-order valence-corrected chi connectivity index (χ2v) is 7.63.